The van der Waals surface area contributed by atoms with E-state index in [1.807, 2.05) is 4.90 Å². The van der Waals surface area contributed by atoms with Gasteiger partial charge in [0.05, 0.1) is 5.69 Å². The van der Waals surface area contributed by atoms with Crippen molar-refractivity contribution in [3.63, 3.8) is 0 Å². The van der Waals surface area contributed by atoms with E-state index in [1.165, 1.54) is 18.9 Å². The quantitative estimate of drug-likeness (QED) is 0.870. The third-order valence-electron chi connectivity index (χ3n) is 4.16. The van der Waals surface area contributed by atoms with Crippen LogP contribution < -0.4 is 10.2 Å². The van der Waals surface area contributed by atoms with Crippen LogP contribution in [0.5, 0.6) is 0 Å². The zero-order valence-electron chi connectivity index (χ0n) is 10.5. The molecule has 18 heavy (non-hydrogen) atoms. The summed E-state index contributed by atoms with van der Waals surface area (Å²) in [5.41, 5.74) is 0.587. The van der Waals surface area contributed by atoms with Crippen molar-refractivity contribution in [3.8, 4) is 0 Å². The third kappa shape index (κ3) is 2.09. The molecule has 0 amide bonds. The molecule has 1 aliphatic heterocycles. The lowest BCUT2D eigenvalue weighted by atomic mass is 9.92. The molecule has 0 spiro atoms. The van der Waals surface area contributed by atoms with E-state index in [1.54, 1.807) is 6.07 Å². The minimum Gasteiger partial charge on any atom is -0.366 e. The van der Waals surface area contributed by atoms with Crippen molar-refractivity contribution in [2.45, 2.75) is 25.3 Å². The van der Waals surface area contributed by atoms with Gasteiger partial charge in [0.1, 0.15) is 11.6 Å². The molecule has 1 aromatic carbocycles. The maximum absolute atomic E-state index is 13.8. The lowest BCUT2D eigenvalue weighted by Crippen LogP contribution is -2.60. The molecule has 1 N–H and O–H groups in total. The van der Waals surface area contributed by atoms with Crippen molar-refractivity contribution >= 4 is 5.69 Å². The Bertz CT molecular complexity index is 459. The van der Waals surface area contributed by atoms with E-state index >= 15 is 0 Å². The Kier molecular flexibility index (Phi) is 2.77. The summed E-state index contributed by atoms with van der Waals surface area (Å²) in [7, 11) is 0. The first-order chi connectivity index (χ1) is 8.58. The van der Waals surface area contributed by atoms with Gasteiger partial charge in [0.25, 0.3) is 0 Å². The zero-order chi connectivity index (χ0) is 12.8. The van der Waals surface area contributed by atoms with Gasteiger partial charge >= 0.3 is 0 Å². The fraction of sp³-hybridized carbons (Fsp3) is 0.571. The van der Waals surface area contributed by atoms with Gasteiger partial charge in [-0.1, -0.05) is 0 Å². The van der Waals surface area contributed by atoms with Gasteiger partial charge in [0.15, 0.2) is 0 Å². The third-order valence-corrected chi connectivity index (χ3v) is 4.16. The minimum atomic E-state index is -0.517. The summed E-state index contributed by atoms with van der Waals surface area (Å²) < 4.78 is 26.7. The second-order valence-corrected chi connectivity index (χ2v) is 5.64. The summed E-state index contributed by atoms with van der Waals surface area (Å²) in [5, 5.41) is 3.55. The van der Waals surface area contributed by atoms with E-state index in [0.717, 1.165) is 25.7 Å². The first-order valence-electron chi connectivity index (χ1n) is 6.53. The van der Waals surface area contributed by atoms with Gasteiger partial charge in [-0.15, -0.1) is 0 Å². The van der Waals surface area contributed by atoms with Crippen LogP contribution in [0.2, 0.25) is 0 Å². The van der Waals surface area contributed by atoms with Crippen LogP contribution in [-0.4, -0.2) is 25.2 Å². The number of benzene rings is 1. The summed E-state index contributed by atoms with van der Waals surface area (Å²) in [4.78, 5) is 2.03. The Hall–Kier alpha value is -1.16. The number of halogens is 2. The predicted molar refractivity (Wildman–Crippen MR) is 67.7 cm³/mol. The van der Waals surface area contributed by atoms with Gasteiger partial charge in [0, 0.05) is 31.2 Å². The van der Waals surface area contributed by atoms with Crippen LogP contribution in [-0.2, 0) is 0 Å². The molecule has 2 aliphatic rings. The largest absolute Gasteiger partial charge is 0.366 e. The lowest BCUT2D eigenvalue weighted by molar-refractivity contribution is 0.284. The van der Waals surface area contributed by atoms with Gasteiger partial charge < -0.3 is 10.2 Å². The molecular weight excluding hydrogens is 234 g/mol. The number of nitrogens with zero attached hydrogens (tertiary/aromatic N) is 1. The molecule has 1 heterocycles. The van der Waals surface area contributed by atoms with Gasteiger partial charge in [-0.25, -0.2) is 8.78 Å². The molecule has 2 fully saturated rings. The predicted octanol–water partition coefficient (Wildman–Crippen LogP) is 2.54. The molecule has 2 nitrogen and oxygen atoms in total. The fourth-order valence-corrected chi connectivity index (χ4v) is 2.95. The van der Waals surface area contributed by atoms with Crippen molar-refractivity contribution < 1.29 is 8.78 Å². The average molecular weight is 252 g/mol. The van der Waals surface area contributed by atoms with E-state index in [-0.39, 0.29) is 5.54 Å². The zero-order valence-corrected chi connectivity index (χ0v) is 10.5. The standard InChI is InChI=1S/C14H18F2N2/c1-14(10-2-3-10)9-18(7-6-17-14)13-5-4-11(15)8-12(13)16/h4-5,8,10,17H,2-3,6-7,9H2,1H3. The summed E-state index contributed by atoms with van der Waals surface area (Å²) >= 11 is 0. The molecule has 1 saturated heterocycles. The van der Waals surface area contributed by atoms with E-state index in [0.29, 0.717) is 11.6 Å². The van der Waals surface area contributed by atoms with Crippen molar-refractivity contribution in [1.82, 2.24) is 5.32 Å². The van der Waals surface area contributed by atoms with Crippen LogP contribution in [0, 0.1) is 17.6 Å². The number of rotatable bonds is 2. The van der Waals surface area contributed by atoms with Crippen LogP contribution in [0.3, 0.4) is 0 Å². The van der Waals surface area contributed by atoms with E-state index in [4.69, 9.17) is 0 Å². The van der Waals surface area contributed by atoms with Gasteiger partial charge in [-0.3, -0.25) is 0 Å². The molecule has 1 aliphatic carbocycles. The second-order valence-electron chi connectivity index (χ2n) is 5.64. The summed E-state index contributed by atoms with van der Waals surface area (Å²) in [5.74, 6) is -0.282. The first kappa shape index (κ1) is 11.9. The maximum Gasteiger partial charge on any atom is 0.149 e. The molecule has 0 aromatic heterocycles. The average Bonchev–Trinajstić information content (AvgIpc) is 3.12. The normalized spacial score (nSPS) is 28.5. The highest BCUT2D eigenvalue weighted by Gasteiger charge is 2.44. The first-order valence-corrected chi connectivity index (χ1v) is 6.53. The number of hydrogen-bond acceptors (Lipinski definition) is 2. The maximum atomic E-state index is 13.8. The summed E-state index contributed by atoms with van der Waals surface area (Å²) in [6.07, 6.45) is 2.51. The van der Waals surface area contributed by atoms with Gasteiger partial charge in [-0.05, 0) is 37.8 Å². The minimum absolute atomic E-state index is 0.0685. The Balaban J connectivity index is 1.83. The lowest BCUT2D eigenvalue weighted by Gasteiger charge is -2.43. The van der Waals surface area contributed by atoms with Crippen molar-refractivity contribution in [2.75, 3.05) is 24.5 Å². The van der Waals surface area contributed by atoms with Crippen LogP contribution in [0.25, 0.3) is 0 Å². The molecule has 1 aromatic rings. The Morgan fingerprint density at radius 2 is 2.11 bits per heavy atom. The molecule has 1 unspecified atom stereocenters. The molecule has 1 atom stereocenters. The number of anilines is 1. The number of hydrogen-bond donors (Lipinski definition) is 1. The monoisotopic (exact) mass is 252 g/mol. The van der Waals surface area contributed by atoms with Crippen molar-refractivity contribution in [1.29, 1.82) is 0 Å². The van der Waals surface area contributed by atoms with E-state index < -0.39 is 11.6 Å². The van der Waals surface area contributed by atoms with E-state index in [2.05, 4.69) is 12.2 Å². The molecular formula is C14H18F2N2. The van der Waals surface area contributed by atoms with E-state index in [9.17, 15) is 8.78 Å². The molecule has 0 bridgehead atoms. The molecule has 3 rings (SSSR count). The SMILES string of the molecule is CC1(C2CC2)CN(c2ccc(F)cc2F)CCN1. The smallest absolute Gasteiger partial charge is 0.149 e. The number of nitrogens with one attached hydrogen (secondary N) is 1. The number of piperazine rings is 1. The highest BCUT2D eigenvalue weighted by molar-refractivity contribution is 5.49. The highest BCUT2D eigenvalue weighted by atomic mass is 19.1. The Morgan fingerprint density at radius 1 is 1.33 bits per heavy atom. The molecule has 98 valence electrons. The Labute approximate surface area is 106 Å². The van der Waals surface area contributed by atoms with Gasteiger partial charge in [0.2, 0.25) is 0 Å². The topological polar surface area (TPSA) is 15.3 Å². The summed E-state index contributed by atoms with van der Waals surface area (Å²) in [6, 6.07) is 3.84. The molecule has 1 saturated carbocycles. The van der Waals surface area contributed by atoms with Crippen LogP contribution in [0.4, 0.5) is 14.5 Å². The highest BCUT2D eigenvalue weighted by Crippen LogP contribution is 2.41. The van der Waals surface area contributed by atoms with Crippen LogP contribution in [0.1, 0.15) is 19.8 Å². The Morgan fingerprint density at radius 3 is 2.78 bits per heavy atom. The van der Waals surface area contributed by atoms with Crippen molar-refractivity contribution in [3.05, 3.63) is 29.8 Å². The van der Waals surface area contributed by atoms with Gasteiger partial charge in [-0.2, -0.15) is 0 Å². The summed E-state index contributed by atoms with van der Waals surface area (Å²) in [6.45, 7) is 4.62. The second kappa shape index (κ2) is 4.19. The van der Waals surface area contributed by atoms with Crippen LogP contribution in [0.15, 0.2) is 18.2 Å². The molecule has 4 heteroatoms. The fourth-order valence-electron chi connectivity index (χ4n) is 2.95. The molecule has 0 radical (unpaired) electrons. The van der Waals surface area contributed by atoms with Crippen molar-refractivity contribution in [2.24, 2.45) is 5.92 Å². The van der Waals surface area contributed by atoms with Crippen LogP contribution >= 0.6 is 0 Å².